The average molecular weight is 315 g/mol. The van der Waals surface area contributed by atoms with E-state index in [1.165, 1.54) is 11.3 Å². The van der Waals surface area contributed by atoms with Gasteiger partial charge in [-0.25, -0.2) is 4.98 Å². The topological polar surface area (TPSA) is 92.5 Å². The van der Waals surface area contributed by atoms with Crippen LogP contribution in [0.15, 0.2) is 0 Å². The first-order chi connectivity index (χ1) is 10.0. The lowest BCUT2D eigenvalue weighted by molar-refractivity contribution is 0.0904. The van der Waals surface area contributed by atoms with Crippen molar-refractivity contribution in [3.05, 3.63) is 4.88 Å². The van der Waals surface area contributed by atoms with Crippen LogP contribution < -0.4 is 16.4 Å². The molecule has 1 heterocycles. The maximum absolute atomic E-state index is 12.0. The molecule has 0 bridgehead atoms. The fourth-order valence-corrected chi connectivity index (χ4v) is 2.30. The van der Waals surface area contributed by atoms with Crippen LogP contribution in [0.25, 0.3) is 0 Å². The third kappa shape index (κ3) is 6.74. The molecular weight excluding hydrogens is 290 g/mol. The highest BCUT2D eigenvalue weighted by atomic mass is 32.1. The van der Waals surface area contributed by atoms with E-state index in [0.29, 0.717) is 29.8 Å². The van der Waals surface area contributed by atoms with Crippen LogP contribution in [0.2, 0.25) is 0 Å². The molecule has 0 atom stereocenters. The Hall–Kier alpha value is -1.38. The van der Waals surface area contributed by atoms with Crippen molar-refractivity contribution in [1.29, 1.82) is 0 Å². The number of hydrogen-bond acceptors (Lipinski definition) is 7. The van der Waals surface area contributed by atoms with Crippen LogP contribution in [0.3, 0.4) is 0 Å². The lowest BCUT2D eigenvalue weighted by Gasteiger charge is -2.10. The molecule has 0 aliphatic carbocycles. The minimum absolute atomic E-state index is 0.203. The van der Waals surface area contributed by atoms with Gasteiger partial charge in [-0.05, 0) is 20.5 Å². The summed E-state index contributed by atoms with van der Waals surface area (Å²) in [4.78, 5) is 18.6. The number of rotatable bonds is 10. The Balaban J connectivity index is 2.30. The summed E-state index contributed by atoms with van der Waals surface area (Å²) in [7, 11) is 3.98. The highest BCUT2D eigenvalue weighted by Gasteiger charge is 2.15. The van der Waals surface area contributed by atoms with Gasteiger partial charge in [-0.2, -0.15) is 0 Å². The van der Waals surface area contributed by atoms with Crippen LogP contribution in [0, 0.1) is 0 Å². The number of anilines is 2. The van der Waals surface area contributed by atoms with Crippen LogP contribution in [0.4, 0.5) is 10.9 Å². The molecule has 1 aromatic rings. The maximum atomic E-state index is 12.0. The number of hydrogen-bond donors (Lipinski definition) is 3. The van der Waals surface area contributed by atoms with Crippen molar-refractivity contribution in [3.63, 3.8) is 0 Å². The first-order valence-corrected chi connectivity index (χ1v) is 7.87. The van der Waals surface area contributed by atoms with Gasteiger partial charge in [0.25, 0.3) is 5.91 Å². The summed E-state index contributed by atoms with van der Waals surface area (Å²) in [5, 5.41) is 6.59. The Labute approximate surface area is 129 Å². The number of nitrogens with one attached hydrogen (secondary N) is 2. The van der Waals surface area contributed by atoms with E-state index in [2.05, 4.69) is 22.5 Å². The van der Waals surface area contributed by atoms with Gasteiger partial charge in [0.05, 0.1) is 13.2 Å². The predicted octanol–water partition coefficient (Wildman–Crippen LogP) is 0.855. The van der Waals surface area contributed by atoms with E-state index in [4.69, 9.17) is 10.5 Å². The molecule has 21 heavy (non-hydrogen) atoms. The van der Waals surface area contributed by atoms with Gasteiger partial charge >= 0.3 is 0 Å². The van der Waals surface area contributed by atoms with E-state index in [-0.39, 0.29) is 11.7 Å². The van der Waals surface area contributed by atoms with Crippen molar-refractivity contribution in [2.45, 2.75) is 13.3 Å². The lowest BCUT2D eigenvalue weighted by atomic mass is 10.4. The summed E-state index contributed by atoms with van der Waals surface area (Å²) < 4.78 is 5.41. The number of ether oxygens (including phenoxy) is 1. The number of nitrogens with zero attached hydrogens (tertiary/aromatic N) is 2. The Morgan fingerprint density at radius 1 is 1.38 bits per heavy atom. The van der Waals surface area contributed by atoms with Gasteiger partial charge < -0.3 is 26.0 Å². The molecule has 0 saturated carbocycles. The molecule has 1 rings (SSSR count). The molecule has 8 heteroatoms. The minimum atomic E-state index is -0.203. The Morgan fingerprint density at radius 2 is 2.14 bits per heavy atom. The van der Waals surface area contributed by atoms with E-state index in [1.807, 2.05) is 19.0 Å². The molecule has 0 fully saturated rings. The molecule has 120 valence electrons. The molecular formula is C13H25N5O2S. The average Bonchev–Trinajstić information content (AvgIpc) is 2.81. The molecule has 0 saturated heterocycles. The summed E-state index contributed by atoms with van der Waals surface area (Å²) in [6.07, 6.45) is 0.991. The third-order valence-corrected chi connectivity index (χ3v) is 3.63. The van der Waals surface area contributed by atoms with Crippen LogP contribution in [0.5, 0.6) is 0 Å². The van der Waals surface area contributed by atoms with Crippen molar-refractivity contribution in [3.8, 4) is 0 Å². The summed E-state index contributed by atoms with van der Waals surface area (Å²) in [6, 6.07) is 0. The van der Waals surface area contributed by atoms with Crippen LogP contribution in [-0.2, 0) is 4.74 Å². The Morgan fingerprint density at radius 3 is 2.81 bits per heavy atom. The number of nitrogen functional groups attached to an aromatic ring is 1. The highest BCUT2D eigenvalue weighted by Crippen LogP contribution is 2.24. The number of aromatic nitrogens is 1. The van der Waals surface area contributed by atoms with Crippen molar-refractivity contribution in [1.82, 2.24) is 15.2 Å². The largest absolute Gasteiger partial charge is 0.382 e. The second kappa shape index (κ2) is 9.54. The van der Waals surface area contributed by atoms with Gasteiger partial charge in [0.1, 0.15) is 10.7 Å². The van der Waals surface area contributed by atoms with Gasteiger partial charge in [-0.3, -0.25) is 4.79 Å². The zero-order valence-electron chi connectivity index (χ0n) is 12.9. The molecule has 0 radical (unpaired) electrons. The number of carbonyl (C=O) groups excluding carboxylic acids is 1. The number of thiazole rings is 1. The van der Waals surface area contributed by atoms with Gasteiger partial charge in [0.2, 0.25) is 0 Å². The summed E-state index contributed by atoms with van der Waals surface area (Å²) >= 11 is 1.27. The number of nitrogens with two attached hydrogens (primary N) is 1. The van der Waals surface area contributed by atoms with E-state index in [9.17, 15) is 4.79 Å². The van der Waals surface area contributed by atoms with E-state index < -0.39 is 0 Å². The summed E-state index contributed by atoms with van der Waals surface area (Å²) in [6.45, 7) is 5.33. The van der Waals surface area contributed by atoms with E-state index in [1.54, 1.807) is 0 Å². The quantitative estimate of drug-likeness (QED) is 0.555. The predicted molar refractivity (Wildman–Crippen MR) is 87.0 cm³/mol. The monoisotopic (exact) mass is 315 g/mol. The molecule has 0 aliphatic rings. The normalized spacial score (nSPS) is 10.9. The molecule has 4 N–H and O–H groups in total. The SMILES string of the molecule is CCCNc1nc(N)c(C(=O)NCCOCCN(C)C)s1. The summed E-state index contributed by atoms with van der Waals surface area (Å²) in [5.41, 5.74) is 5.76. The Kier molecular flexibility index (Phi) is 8.03. The van der Waals surface area contributed by atoms with Crippen molar-refractivity contribution >= 4 is 28.2 Å². The fourth-order valence-electron chi connectivity index (χ4n) is 1.47. The van der Waals surface area contributed by atoms with Gasteiger partial charge in [-0.1, -0.05) is 18.3 Å². The standard InChI is InChI=1S/C13H25N5O2S/c1-4-5-16-13-17-11(14)10(21-13)12(19)15-6-8-20-9-7-18(2)3/h4-9,14H2,1-3H3,(H,15,19)(H,16,17). The zero-order valence-corrected chi connectivity index (χ0v) is 13.8. The van der Waals surface area contributed by atoms with Gasteiger partial charge in [0, 0.05) is 19.6 Å². The number of amides is 1. The molecule has 1 aromatic heterocycles. The number of carbonyl (C=O) groups is 1. The Bertz CT molecular complexity index is 436. The molecule has 7 nitrogen and oxygen atoms in total. The molecule has 0 spiro atoms. The van der Waals surface area contributed by atoms with Crippen molar-refractivity contribution < 1.29 is 9.53 Å². The number of likely N-dealkylation sites (N-methyl/N-ethyl adjacent to an activating group) is 1. The first-order valence-electron chi connectivity index (χ1n) is 7.05. The van der Waals surface area contributed by atoms with Crippen molar-refractivity contribution in [2.24, 2.45) is 0 Å². The minimum Gasteiger partial charge on any atom is -0.382 e. The van der Waals surface area contributed by atoms with E-state index >= 15 is 0 Å². The van der Waals surface area contributed by atoms with E-state index in [0.717, 1.165) is 19.5 Å². The highest BCUT2D eigenvalue weighted by molar-refractivity contribution is 7.18. The first kappa shape index (κ1) is 17.7. The van der Waals surface area contributed by atoms with Crippen LogP contribution in [-0.4, -0.2) is 62.7 Å². The molecule has 0 aliphatic heterocycles. The maximum Gasteiger partial charge on any atom is 0.265 e. The second-order valence-corrected chi connectivity index (χ2v) is 5.83. The third-order valence-electron chi connectivity index (χ3n) is 2.60. The fraction of sp³-hybridized carbons (Fsp3) is 0.692. The summed E-state index contributed by atoms with van der Waals surface area (Å²) in [5.74, 6) is 0.0652. The molecule has 1 amide bonds. The van der Waals surface area contributed by atoms with Gasteiger partial charge in [0.15, 0.2) is 5.13 Å². The van der Waals surface area contributed by atoms with Crippen LogP contribution >= 0.6 is 11.3 Å². The van der Waals surface area contributed by atoms with Crippen LogP contribution in [0.1, 0.15) is 23.0 Å². The van der Waals surface area contributed by atoms with Crippen molar-refractivity contribution in [2.75, 3.05) is 58.0 Å². The molecule has 0 unspecified atom stereocenters. The molecule has 0 aromatic carbocycles. The lowest BCUT2D eigenvalue weighted by Crippen LogP contribution is -2.28. The second-order valence-electron chi connectivity index (χ2n) is 4.83. The zero-order chi connectivity index (χ0) is 15.7. The smallest absolute Gasteiger partial charge is 0.265 e. The van der Waals surface area contributed by atoms with Gasteiger partial charge in [-0.15, -0.1) is 0 Å².